The molecule has 3 nitrogen and oxygen atoms in total. The van der Waals surface area contributed by atoms with Gasteiger partial charge in [-0.3, -0.25) is 4.79 Å². The van der Waals surface area contributed by atoms with Crippen molar-refractivity contribution in [2.24, 2.45) is 11.7 Å². The molecule has 0 fully saturated rings. The zero-order valence-electron chi connectivity index (χ0n) is 6.00. The summed E-state index contributed by atoms with van der Waals surface area (Å²) in [5.74, 6) is -0.0914. The quantitative estimate of drug-likeness (QED) is 0.488. The zero-order chi connectivity index (χ0) is 7.56. The van der Waals surface area contributed by atoms with E-state index in [4.69, 9.17) is 5.73 Å². The lowest BCUT2D eigenvalue weighted by Gasteiger charge is -2.11. The van der Waals surface area contributed by atoms with Crippen LogP contribution in [0.5, 0.6) is 0 Å². The number of amides is 1. The molecule has 10 heavy (non-hydrogen) atoms. The van der Waals surface area contributed by atoms with Crippen LogP contribution in [-0.2, 0) is 4.79 Å². The first-order valence-electron chi connectivity index (χ1n) is 3.39. The van der Waals surface area contributed by atoms with Gasteiger partial charge in [-0.15, -0.1) is 0 Å². The summed E-state index contributed by atoms with van der Waals surface area (Å²) in [5.41, 5.74) is 5.63. The topological polar surface area (TPSA) is 55.1 Å². The van der Waals surface area contributed by atoms with E-state index in [1.165, 1.54) is 0 Å². The number of hydrogen-bond acceptors (Lipinski definition) is 2. The number of carbonyl (C=O) groups excluding carboxylic acids is 1. The summed E-state index contributed by atoms with van der Waals surface area (Å²) in [5, 5.41) is 2.57. The minimum absolute atomic E-state index is 0.0139. The summed E-state index contributed by atoms with van der Waals surface area (Å²) in [7, 11) is 1.63. The zero-order valence-corrected chi connectivity index (χ0v) is 6.00. The van der Waals surface area contributed by atoms with Crippen molar-refractivity contribution in [3.8, 4) is 0 Å². The van der Waals surface area contributed by atoms with E-state index in [9.17, 15) is 4.79 Å². The maximum atomic E-state index is 11.0. The Morgan fingerprint density at radius 2 is 2.50 bits per heavy atom. The first kappa shape index (κ1) is 7.28. The molecule has 0 saturated heterocycles. The number of hydrogen-bond donors (Lipinski definition) is 2. The molecular formula is C7H12N2O. The summed E-state index contributed by atoms with van der Waals surface area (Å²) in [4.78, 5) is 11.0. The minimum atomic E-state index is -0.106. The molecule has 3 heteroatoms. The Morgan fingerprint density at radius 1 is 1.80 bits per heavy atom. The summed E-state index contributed by atoms with van der Waals surface area (Å²) in [6, 6.07) is -0.0139. The highest BCUT2D eigenvalue weighted by atomic mass is 16.1. The van der Waals surface area contributed by atoms with Gasteiger partial charge in [-0.05, 0) is 6.42 Å². The molecule has 1 aliphatic rings. The summed E-state index contributed by atoms with van der Waals surface area (Å²) >= 11 is 0. The van der Waals surface area contributed by atoms with Gasteiger partial charge in [0.05, 0.1) is 5.92 Å². The number of rotatable bonds is 1. The highest BCUT2D eigenvalue weighted by Gasteiger charge is 2.24. The fourth-order valence-electron chi connectivity index (χ4n) is 1.12. The maximum Gasteiger partial charge on any atom is 0.228 e. The van der Waals surface area contributed by atoms with Gasteiger partial charge >= 0.3 is 0 Å². The third kappa shape index (κ3) is 1.19. The third-order valence-electron chi connectivity index (χ3n) is 1.76. The van der Waals surface area contributed by atoms with E-state index in [0.29, 0.717) is 0 Å². The minimum Gasteiger partial charge on any atom is -0.359 e. The number of carbonyl (C=O) groups is 1. The van der Waals surface area contributed by atoms with Crippen LogP contribution < -0.4 is 11.1 Å². The van der Waals surface area contributed by atoms with E-state index in [1.807, 2.05) is 12.2 Å². The van der Waals surface area contributed by atoms with Crippen LogP contribution in [0.4, 0.5) is 0 Å². The SMILES string of the molecule is CNC(=O)[C@H]1C=CC[C@H]1N. The predicted molar refractivity (Wildman–Crippen MR) is 39.3 cm³/mol. The van der Waals surface area contributed by atoms with Crippen molar-refractivity contribution in [1.29, 1.82) is 0 Å². The second kappa shape index (κ2) is 2.84. The Balaban J connectivity index is 2.55. The maximum absolute atomic E-state index is 11.0. The monoisotopic (exact) mass is 140 g/mol. The van der Waals surface area contributed by atoms with Crippen LogP contribution in [0.3, 0.4) is 0 Å². The molecule has 0 aromatic carbocycles. The average Bonchev–Trinajstić information content (AvgIpc) is 2.34. The van der Waals surface area contributed by atoms with Crippen molar-refractivity contribution in [2.45, 2.75) is 12.5 Å². The second-order valence-electron chi connectivity index (χ2n) is 2.47. The van der Waals surface area contributed by atoms with Gasteiger partial charge in [0.25, 0.3) is 0 Å². The third-order valence-corrected chi connectivity index (χ3v) is 1.76. The Morgan fingerprint density at radius 3 is 2.90 bits per heavy atom. The molecule has 0 spiro atoms. The van der Waals surface area contributed by atoms with Crippen LogP contribution >= 0.6 is 0 Å². The van der Waals surface area contributed by atoms with Crippen LogP contribution in [0.1, 0.15) is 6.42 Å². The van der Waals surface area contributed by atoms with Gasteiger partial charge < -0.3 is 11.1 Å². The summed E-state index contributed by atoms with van der Waals surface area (Å²) in [6.07, 6.45) is 4.63. The molecule has 1 amide bonds. The van der Waals surface area contributed by atoms with Gasteiger partial charge in [-0.25, -0.2) is 0 Å². The fraction of sp³-hybridized carbons (Fsp3) is 0.571. The van der Waals surface area contributed by atoms with Gasteiger partial charge in [0.1, 0.15) is 0 Å². The van der Waals surface area contributed by atoms with Gasteiger partial charge in [0, 0.05) is 13.1 Å². The van der Waals surface area contributed by atoms with Crippen molar-refractivity contribution >= 4 is 5.91 Å². The van der Waals surface area contributed by atoms with E-state index in [-0.39, 0.29) is 17.9 Å². The van der Waals surface area contributed by atoms with Crippen molar-refractivity contribution in [1.82, 2.24) is 5.32 Å². The Hall–Kier alpha value is -0.830. The first-order valence-corrected chi connectivity index (χ1v) is 3.39. The van der Waals surface area contributed by atoms with E-state index < -0.39 is 0 Å². The lowest BCUT2D eigenvalue weighted by atomic mass is 10.0. The van der Waals surface area contributed by atoms with Crippen molar-refractivity contribution in [2.75, 3.05) is 7.05 Å². The lowest BCUT2D eigenvalue weighted by molar-refractivity contribution is -0.123. The van der Waals surface area contributed by atoms with Crippen LogP contribution in [0.25, 0.3) is 0 Å². The molecular weight excluding hydrogens is 128 g/mol. The molecule has 2 atom stereocenters. The molecule has 1 aliphatic carbocycles. The lowest BCUT2D eigenvalue weighted by Crippen LogP contribution is -2.36. The molecule has 0 bridgehead atoms. The van der Waals surface area contributed by atoms with Crippen LogP contribution in [0.15, 0.2) is 12.2 Å². The molecule has 0 heterocycles. The van der Waals surface area contributed by atoms with Crippen LogP contribution in [-0.4, -0.2) is 19.0 Å². The van der Waals surface area contributed by atoms with Crippen LogP contribution in [0.2, 0.25) is 0 Å². The molecule has 1 rings (SSSR count). The number of nitrogens with two attached hydrogens (primary N) is 1. The largest absolute Gasteiger partial charge is 0.359 e. The Labute approximate surface area is 60.3 Å². The standard InChI is InChI=1S/C7H12N2O/c1-9-7(10)5-3-2-4-6(5)8/h2-3,5-6H,4,8H2,1H3,(H,9,10)/t5-,6+/m0/s1. The smallest absolute Gasteiger partial charge is 0.228 e. The molecule has 0 radical (unpaired) electrons. The summed E-state index contributed by atoms with van der Waals surface area (Å²) in [6.45, 7) is 0. The van der Waals surface area contributed by atoms with Gasteiger partial charge in [-0.2, -0.15) is 0 Å². The van der Waals surface area contributed by atoms with E-state index in [0.717, 1.165) is 6.42 Å². The molecule has 0 aromatic rings. The molecule has 56 valence electrons. The normalized spacial score (nSPS) is 30.6. The molecule has 0 aliphatic heterocycles. The second-order valence-corrected chi connectivity index (χ2v) is 2.47. The Bertz CT molecular complexity index is 165. The predicted octanol–water partition coefficient (Wildman–Crippen LogP) is -0.364. The van der Waals surface area contributed by atoms with E-state index in [2.05, 4.69) is 5.32 Å². The van der Waals surface area contributed by atoms with E-state index >= 15 is 0 Å². The van der Waals surface area contributed by atoms with Gasteiger partial charge in [0.15, 0.2) is 0 Å². The summed E-state index contributed by atoms with van der Waals surface area (Å²) < 4.78 is 0. The van der Waals surface area contributed by atoms with Gasteiger partial charge in [-0.1, -0.05) is 12.2 Å². The van der Waals surface area contributed by atoms with Crippen molar-refractivity contribution in [3.63, 3.8) is 0 Å². The highest BCUT2D eigenvalue weighted by Crippen LogP contribution is 2.15. The van der Waals surface area contributed by atoms with E-state index in [1.54, 1.807) is 7.05 Å². The molecule has 0 saturated carbocycles. The Kier molecular flexibility index (Phi) is 2.06. The van der Waals surface area contributed by atoms with Crippen LogP contribution in [0, 0.1) is 5.92 Å². The van der Waals surface area contributed by atoms with Crippen molar-refractivity contribution in [3.05, 3.63) is 12.2 Å². The first-order chi connectivity index (χ1) is 4.75. The van der Waals surface area contributed by atoms with Crippen molar-refractivity contribution < 1.29 is 4.79 Å². The highest BCUT2D eigenvalue weighted by molar-refractivity contribution is 5.81. The molecule has 0 unspecified atom stereocenters. The fourth-order valence-corrected chi connectivity index (χ4v) is 1.12. The van der Waals surface area contributed by atoms with Gasteiger partial charge in [0.2, 0.25) is 5.91 Å². The molecule has 3 N–H and O–H groups in total. The number of nitrogens with one attached hydrogen (secondary N) is 1. The average molecular weight is 140 g/mol. The molecule has 0 aromatic heterocycles.